The van der Waals surface area contributed by atoms with E-state index in [-0.39, 0.29) is 6.10 Å². The molecule has 1 N–H and O–H groups in total. The Labute approximate surface area is 115 Å². The van der Waals surface area contributed by atoms with Crippen LogP contribution in [0.5, 0.6) is 0 Å². The van der Waals surface area contributed by atoms with Gasteiger partial charge in [0.25, 0.3) is 0 Å². The molecule has 0 aromatic rings. The summed E-state index contributed by atoms with van der Waals surface area (Å²) in [5.74, 6) is 0.423. The van der Waals surface area contributed by atoms with Crippen LogP contribution in [0.2, 0.25) is 0 Å². The second-order valence-electron chi connectivity index (χ2n) is 5.88. The first-order valence-electron chi connectivity index (χ1n) is 7.92. The Bertz CT molecular complexity index is 196. The molecule has 0 aliphatic rings. The predicted molar refractivity (Wildman–Crippen MR) is 81.8 cm³/mol. The monoisotopic (exact) mass is 254 g/mol. The normalized spacial score (nSPS) is 14.4. The molecule has 0 aliphatic carbocycles. The fourth-order valence-corrected chi connectivity index (χ4v) is 2.20. The van der Waals surface area contributed by atoms with E-state index in [9.17, 15) is 5.11 Å². The highest BCUT2D eigenvalue weighted by Gasteiger charge is 2.08. The molecule has 0 fully saturated rings. The quantitative estimate of drug-likeness (QED) is 0.361. The van der Waals surface area contributed by atoms with Crippen molar-refractivity contribution >= 4 is 0 Å². The summed E-state index contributed by atoms with van der Waals surface area (Å²) in [6, 6.07) is 0. The molecule has 0 bridgehead atoms. The Morgan fingerprint density at radius 2 is 1.50 bits per heavy atom. The Morgan fingerprint density at radius 3 is 2.11 bits per heavy atom. The zero-order chi connectivity index (χ0) is 13.8. The van der Waals surface area contributed by atoms with Gasteiger partial charge in [-0.2, -0.15) is 0 Å². The van der Waals surface area contributed by atoms with Gasteiger partial charge in [-0.3, -0.25) is 0 Å². The standard InChI is InChI=1S/C17H34O/c1-5-6-7-8-9-10-12-15(2)13-11-14-16(3)17(4)18/h16-18H,2,5-14H2,1,3-4H3/t16-,17-/m0/s1. The second-order valence-corrected chi connectivity index (χ2v) is 5.88. The minimum atomic E-state index is -0.170. The molecule has 0 aromatic carbocycles. The van der Waals surface area contributed by atoms with Crippen molar-refractivity contribution < 1.29 is 5.11 Å². The van der Waals surface area contributed by atoms with Crippen molar-refractivity contribution in [3.63, 3.8) is 0 Å². The molecule has 0 spiro atoms. The lowest BCUT2D eigenvalue weighted by Gasteiger charge is -2.14. The highest BCUT2D eigenvalue weighted by atomic mass is 16.3. The first-order chi connectivity index (χ1) is 8.57. The summed E-state index contributed by atoms with van der Waals surface area (Å²) in [6.07, 6.45) is 12.7. The Balaban J connectivity index is 3.32. The molecule has 0 saturated carbocycles. The smallest absolute Gasteiger partial charge is 0.0537 e. The van der Waals surface area contributed by atoms with E-state index in [1.807, 2.05) is 6.92 Å². The maximum absolute atomic E-state index is 9.41. The maximum atomic E-state index is 9.41. The topological polar surface area (TPSA) is 20.2 Å². The number of hydrogen-bond acceptors (Lipinski definition) is 1. The van der Waals surface area contributed by atoms with E-state index in [1.54, 1.807) is 0 Å². The molecule has 0 heterocycles. The first kappa shape index (κ1) is 17.7. The Kier molecular flexibility index (Phi) is 11.6. The molecule has 1 heteroatoms. The highest BCUT2D eigenvalue weighted by molar-refractivity contribution is 4.93. The molecule has 0 aromatic heterocycles. The summed E-state index contributed by atoms with van der Waals surface area (Å²) < 4.78 is 0. The first-order valence-corrected chi connectivity index (χ1v) is 7.92. The third-order valence-electron chi connectivity index (χ3n) is 3.90. The molecule has 0 radical (unpaired) electrons. The van der Waals surface area contributed by atoms with Crippen LogP contribution in [0.3, 0.4) is 0 Å². The third-order valence-corrected chi connectivity index (χ3v) is 3.90. The van der Waals surface area contributed by atoms with Gasteiger partial charge in [-0.1, -0.05) is 58.1 Å². The van der Waals surface area contributed by atoms with Crippen molar-refractivity contribution in [1.82, 2.24) is 0 Å². The van der Waals surface area contributed by atoms with Crippen LogP contribution in [0.4, 0.5) is 0 Å². The summed E-state index contributed by atoms with van der Waals surface area (Å²) in [6.45, 7) is 10.4. The van der Waals surface area contributed by atoms with E-state index in [2.05, 4.69) is 20.4 Å². The number of unbranched alkanes of at least 4 members (excludes halogenated alkanes) is 5. The number of rotatable bonds is 12. The molecule has 0 aliphatic heterocycles. The minimum absolute atomic E-state index is 0.170. The summed E-state index contributed by atoms with van der Waals surface area (Å²) >= 11 is 0. The molecule has 0 unspecified atom stereocenters. The van der Waals surface area contributed by atoms with Gasteiger partial charge < -0.3 is 5.11 Å². The molecule has 2 atom stereocenters. The van der Waals surface area contributed by atoms with Crippen LogP contribution in [0, 0.1) is 5.92 Å². The van der Waals surface area contributed by atoms with Gasteiger partial charge in [0.1, 0.15) is 0 Å². The summed E-state index contributed by atoms with van der Waals surface area (Å²) in [5, 5.41) is 9.41. The van der Waals surface area contributed by atoms with Crippen LogP contribution in [0.25, 0.3) is 0 Å². The highest BCUT2D eigenvalue weighted by Crippen LogP contribution is 2.18. The molecule has 108 valence electrons. The van der Waals surface area contributed by atoms with Crippen molar-refractivity contribution in [2.24, 2.45) is 5.92 Å². The lowest BCUT2D eigenvalue weighted by Crippen LogP contribution is -2.12. The molecule has 0 rings (SSSR count). The Hall–Kier alpha value is -0.300. The van der Waals surface area contributed by atoms with E-state index in [4.69, 9.17) is 0 Å². The van der Waals surface area contributed by atoms with Crippen LogP contribution < -0.4 is 0 Å². The summed E-state index contributed by atoms with van der Waals surface area (Å²) in [7, 11) is 0. The molecular formula is C17H34O. The average Bonchev–Trinajstić information content (AvgIpc) is 2.33. The number of hydrogen-bond donors (Lipinski definition) is 1. The van der Waals surface area contributed by atoms with Gasteiger partial charge in [0, 0.05) is 0 Å². The third kappa shape index (κ3) is 10.8. The Morgan fingerprint density at radius 1 is 0.944 bits per heavy atom. The number of allylic oxidation sites excluding steroid dienone is 1. The fourth-order valence-electron chi connectivity index (χ4n) is 2.20. The van der Waals surface area contributed by atoms with Gasteiger partial charge in [-0.05, 0) is 44.9 Å². The van der Waals surface area contributed by atoms with Gasteiger partial charge in [0.05, 0.1) is 6.10 Å². The molecule has 18 heavy (non-hydrogen) atoms. The van der Waals surface area contributed by atoms with Gasteiger partial charge in [-0.25, -0.2) is 0 Å². The van der Waals surface area contributed by atoms with Gasteiger partial charge in [-0.15, -0.1) is 0 Å². The summed E-state index contributed by atoms with van der Waals surface area (Å²) in [4.78, 5) is 0. The molecule has 0 saturated heterocycles. The number of aliphatic hydroxyl groups is 1. The van der Waals surface area contributed by atoms with Crippen molar-refractivity contribution in [3.05, 3.63) is 12.2 Å². The lowest BCUT2D eigenvalue weighted by molar-refractivity contribution is 0.129. The zero-order valence-electron chi connectivity index (χ0n) is 12.9. The van der Waals surface area contributed by atoms with Crippen LogP contribution in [-0.4, -0.2) is 11.2 Å². The molecular weight excluding hydrogens is 220 g/mol. The molecule has 0 amide bonds. The van der Waals surface area contributed by atoms with E-state index in [0.717, 1.165) is 12.8 Å². The van der Waals surface area contributed by atoms with E-state index in [0.29, 0.717) is 5.92 Å². The van der Waals surface area contributed by atoms with E-state index >= 15 is 0 Å². The zero-order valence-corrected chi connectivity index (χ0v) is 12.9. The molecule has 1 nitrogen and oxygen atoms in total. The van der Waals surface area contributed by atoms with Crippen LogP contribution in [-0.2, 0) is 0 Å². The maximum Gasteiger partial charge on any atom is 0.0537 e. The van der Waals surface area contributed by atoms with Crippen LogP contribution >= 0.6 is 0 Å². The second kappa shape index (κ2) is 11.8. The van der Waals surface area contributed by atoms with E-state index in [1.165, 1.54) is 56.9 Å². The van der Waals surface area contributed by atoms with Crippen molar-refractivity contribution in [3.8, 4) is 0 Å². The largest absolute Gasteiger partial charge is 0.393 e. The van der Waals surface area contributed by atoms with Gasteiger partial charge in [0.2, 0.25) is 0 Å². The fraction of sp³-hybridized carbons (Fsp3) is 0.882. The average molecular weight is 254 g/mol. The SMILES string of the molecule is C=C(CCCCCCCC)CCC[C@H](C)[C@H](C)O. The number of aliphatic hydroxyl groups excluding tert-OH is 1. The van der Waals surface area contributed by atoms with Crippen molar-refractivity contribution in [2.75, 3.05) is 0 Å². The lowest BCUT2D eigenvalue weighted by atomic mass is 9.96. The van der Waals surface area contributed by atoms with Crippen LogP contribution in [0.1, 0.15) is 85.0 Å². The van der Waals surface area contributed by atoms with E-state index < -0.39 is 0 Å². The van der Waals surface area contributed by atoms with Gasteiger partial charge >= 0.3 is 0 Å². The van der Waals surface area contributed by atoms with Crippen molar-refractivity contribution in [2.45, 2.75) is 91.1 Å². The summed E-state index contributed by atoms with van der Waals surface area (Å²) in [5.41, 5.74) is 1.41. The predicted octanol–water partition coefficient (Wildman–Crippen LogP) is 5.48. The minimum Gasteiger partial charge on any atom is -0.393 e. The van der Waals surface area contributed by atoms with Crippen LogP contribution in [0.15, 0.2) is 12.2 Å². The van der Waals surface area contributed by atoms with Gasteiger partial charge in [0.15, 0.2) is 0 Å². The van der Waals surface area contributed by atoms with Crippen molar-refractivity contribution in [1.29, 1.82) is 0 Å².